The molecular formula is C14H19N3O3S. The van der Waals surface area contributed by atoms with Crippen molar-refractivity contribution in [1.82, 2.24) is 10.2 Å². The van der Waals surface area contributed by atoms with Gasteiger partial charge in [0.15, 0.2) is 0 Å². The molecule has 0 radical (unpaired) electrons. The minimum Gasteiger partial charge on any atom is -0.407 e. The number of nitrogens with zero attached hydrogens (tertiary/aromatic N) is 2. The van der Waals surface area contributed by atoms with Crippen molar-refractivity contribution in [2.24, 2.45) is 0 Å². The predicted octanol–water partition coefficient (Wildman–Crippen LogP) is 2.73. The second-order valence-electron chi connectivity index (χ2n) is 5.73. The molecule has 0 amide bonds. The summed E-state index contributed by atoms with van der Waals surface area (Å²) in [5, 5.41) is 7.61. The van der Waals surface area contributed by atoms with Crippen LogP contribution < -0.4 is 4.72 Å². The molecule has 0 fully saturated rings. The first kappa shape index (κ1) is 15.5. The van der Waals surface area contributed by atoms with E-state index in [0.29, 0.717) is 12.3 Å². The smallest absolute Gasteiger partial charge is 0.329 e. The summed E-state index contributed by atoms with van der Waals surface area (Å²) in [7, 11) is -3.73. The van der Waals surface area contributed by atoms with Gasteiger partial charge in [0.05, 0.1) is 4.90 Å². The summed E-state index contributed by atoms with van der Waals surface area (Å²) in [6.07, 6.45) is 0.619. The molecule has 6 nitrogen and oxygen atoms in total. The summed E-state index contributed by atoms with van der Waals surface area (Å²) in [6, 6.07) is 6.71. The van der Waals surface area contributed by atoms with Crippen molar-refractivity contribution in [3.63, 3.8) is 0 Å². The Hall–Kier alpha value is -1.89. The summed E-state index contributed by atoms with van der Waals surface area (Å²) in [4.78, 5) is 0.225. The lowest BCUT2D eigenvalue weighted by Gasteiger charge is -2.11. The molecule has 1 heterocycles. The van der Waals surface area contributed by atoms with Crippen LogP contribution in [0.3, 0.4) is 0 Å². The second kappa shape index (κ2) is 5.48. The van der Waals surface area contributed by atoms with Crippen molar-refractivity contribution in [3.8, 4) is 0 Å². The number of hydrogen-bond acceptors (Lipinski definition) is 5. The Morgan fingerprint density at radius 2 is 1.86 bits per heavy atom. The van der Waals surface area contributed by atoms with Crippen LogP contribution in [-0.4, -0.2) is 18.6 Å². The fourth-order valence-corrected chi connectivity index (χ4v) is 3.03. The van der Waals surface area contributed by atoms with Crippen LogP contribution in [0.2, 0.25) is 0 Å². The minimum atomic E-state index is -3.73. The molecule has 1 aromatic carbocycles. The molecule has 0 saturated heterocycles. The predicted molar refractivity (Wildman–Crippen MR) is 79.6 cm³/mol. The molecule has 2 aromatic rings. The molecule has 21 heavy (non-hydrogen) atoms. The number of aromatic nitrogens is 2. The molecule has 0 spiro atoms. The zero-order valence-corrected chi connectivity index (χ0v) is 13.4. The number of rotatable bonds is 4. The minimum absolute atomic E-state index is 0.120. The van der Waals surface area contributed by atoms with Gasteiger partial charge in [0, 0.05) is 5.41 Å². The zero-order valence-electron chi connectivity index (χ0n) is 12.5. The first-order chi connectivity index (χ1) is 9.74. The van der Waals surface area contributed by atoms with E-state index in [4.69, 9.17) is 4.42 Å². The van der Waals surface area contributed by atoms with Gasteiger partial charge in [0.1, 0.15) is 0 Å². The Bertz CT molecular complexity index is 730. The monoisotopic (exact) mass is 309 g/mol. The van der Waals surface area contributed by atoms with E-state index >= 15 is 0 Å². The van der Waals surface area contributed by atoms with E-state index in [2.05, 4.69) is 14.9 Å². The standard InChI is InChI=1S/C14H19N3O3S/c1-5-10-8-6-7-9-11(10)21(18,19)17-13-16-15-12(20-13)14(2,3)4/h6-9H,5H2,1-4H3,(H,16,17). The molecule has 2 rings (SSSR count). The van der Waals surface area contributed by atoms with Gasteiger partial charge in [-0.2, -0.15) is 0 Å². The number of aryl methyl sites for hydroxylation is 1. The number of anilines is 1. The van der Waals surface area contributed by atoms with Crippen LogP contribution in [0.4, 0.5) is 6.01 Å². The maximum Gasteiger partial charge on any atom is 0.329 e. The Morgan fingerprint density at radius 3 is 2.43 bits per heavy atom. The van der Waals surface area contributed by atoms with Gasteiger partial charge in [0.25, 0.3) is 10.0 Å². The van der Waals surface area contributed by atoms with Gasteiger partial charge in [-0.05, 0) is 18.1 Å². The molecule has 1 aromatic heterocycles. The Balaban J connectivity index is 2.32. The SMILES string of the molecule is CCc1ccccc1S(=O)(=O)Nc1nnc(C(C)(C)C)o1. The zero-order chi connectivity index (χ0) is 15.7. The van der Waals surface area contributed by atoms with E-state index in [-0.39, 0.29) is 16.3 Å². The van der Waals surface area contributed by atoms with Crippen molar-refractivity contribution in [1.29, 1.82) is 0 Å². The van der Waals surface area contributed by atoms with E-state index < -0.39 is 10.0 Å². The van der Waals surface area contributed by atoms with Gasteiger partial charge >= 0.3 is 6.01 Å². The summed E-state index contributed by atoms with van der Waals surface area (Å²) >= 11 is 0. The first-order valence-corrected chi connectivity index (χ1v) is 8.17. The van der Waals surface area contributed by atoms with Crippen LogP contribution in [0, 0.1) is 0 Å². The Kier molecular flexibility index (Phi) is 4.04. The van der Waals surface area contributed by atoms with E-state index in [1.807, 2.05) is 33.8 Å². The van der Waals surface area contributed by atoms with Gasteiger partial charge < -0.3 is 4.42 Å². The number of hydrogen-bond donors (Lipinski definition) is 1. The van der Waals surface area contributed by atoms with E-state index in [9.17, 15) is 8.42 Å². The van der Waals surface area contributed by atoms with Crippen molar-refractivity contribution < 1.29 is 12.8 Å². The van der Waals surface area contributed by atoms with Crippen LogP contribution in [0.15, 0.2) is 33.6 Å². The third-order valence-corrected chi connectivity index (χ3v) is 4.35. The van der Waals surface area contributed by atoms with Crippen LogP contribution in [0.1, 0.15) is 39.1 Å². The van der Waals surface area contributed by atoms with Crippen molar-refractivity contribution >= 4 is 16.0 Å². The highest BCUT2D eigenvalue weighted by Gasteiger charge is 2.24. The van der Waals surface area contributed by atoms with Crippen LogP contribution in [0.5, 0.6) is 0 Å². The maximum absolute atomic E-state index is 12.4. The molecule has 0 saturated carbocycles. The molecule has 114 valence electrons. The van der Waals surface area contributed by atoms with Gasteiger partial charge in [-0.25, -0.2) is 13.1 Å². The Morgan fingerprint density at radius 1 is 1.19 bits per heavy atom. The lowest BCUT2D eigenvalue weighted by atomic mass is 9.97. The molecule has 0 aliphatic carbocycles. The lowest BCUT2D eigenvalue weighted by molar-refractivity contribution is 0.401. The fourth-order valence-electron chi connectivity index (χ4n) is 1.80. The van der Waals surface area contributed by atoms with Gasteiger partial charge in [-0.15, -0.1) is 5.10 Å². The number of benzene rings is 1. The normalized spacial score (nSPS) is 12.4. The second-order valence-corrected chi connectivity index (χ2v) is 7.38. The molecule has 0 bridgehead atoms. The van der Waals surface area contributed by atoms with E-state index in [1.165, 1.54) is 0 Å². The number of nitrogens with one attached hydrogen (secondary N) is 1. The van der Waals surface area contributed by atoms with Gasteiger partial charge in [-0.1, -0.05) is 51.0 Å². The summed E-state index contributed by atoms with van der Waals surface area (Å²) in [5.74, 6) is 0.379. The van der Waals surface area contributed by atoms with Crippen molar-refractivity contribution in [3.05, 3.63) is 35.7 Å². The largest absolute Gasteiger partial charge is 0.407 e. The van der Waals surface area contributed by atoms with Crippen molar-refractivity contribution in [2.75, 3.05) is 4.72 Å². The van der Waals surface area contributed by atoms with Crippen LogP contribution in [-0.2, 0) is 21.9 Å². The maximum atomic E-state index is 12.4. The van der Waals surface area contributed by atoms with Gasteiger partial charge in [0.2, 0.25) is 5.89 Å². The molecule has 7 heteroatoms. The molecule has 0 atom stereocenters. The topological polar surface area (TPSA) is 85.1 Å². The molecular weight excluding hydrogens is 290 g/mol. The molecule has 0 aliphatic heterocycles. The number of sulfonamides is 1. The van der Waals surface area contributed by atoms with Crippen molar-refractivity contribution in [2.45, 2.75) is 44.4 Å². The summed E-state index contributed by atoms with van der Waals surface area (Å²) in [6.45, 7) is 7.63. The van der Waals surface area contributed by atoms with Gasteiger partial charge in [-0.3, -0.25) is 0 Å². The highest BCUT2D eigenvalue weighted by Crippen LogP contribution is 2.24. The molecule has 1 N–H and O–H groups in total. The molecule has 0 unspecified atom stereocenters. The summed E-state index contributed by atoms with van der Waals surface area (Å²) < 4.78 is 32.5. The van der Waals surface area contributed by atoms with E-state index in [1.54, 1.807) is 18.2 Å². The molecule has 0 aliphatic rings. The van der Waals surface area contributed by atoms with E-state index in [0.717, 1.165) is 5.56 Å². The lowest BCUT2D eigenvalue weighted by Crippen LogP contribution is -2.15. The third-order valence-electron chi connectivity index (χ3n) is 2.93. The highest BCUT2D eigenvalue weighted by atomic mass is 32.2. The van der Waals surface area contributed by atoms with Crippen LogP contribution in [0.25, 0.3) is 0 Å². The van der Waals surface area contributed by atoms with Crippen LogP contribution >= 0.6 is 0 Å². The first-order valence-electron chi connectivity index (χ1n) is 6.69. The summed E-state index contributed by atoms with van der Waals surface area (Å²) in [5.41, 5.74) is 0.401. The highest BCUT2D eigenvalue weighted by molar-refractivity contribution is 7.92. The quantitative estimate of drug-likeness (QED) is 0.938. The average molecular weight is 309 g/mol. The fraction of sp³-hybridized carbons (Fsp3) is 0.429. The third kappa shape index (κ3) is 3.41. The Labute approximate surface area is 124 Å². The average Bonchev–Trinajstić information content (AvgIpc) is 2.86.